The SMILES string of the molecule is C[N+](C)(C)Cc1ccccc1.O=S(=O)([O-])Cc1ccccc1. The molecule has 0 fully saturated rings. The van der Waals surface area contributed by atoms with E-state index in [4.69, 9.17) is 0 Å². The van der Waals surface area contributed by atoms with Gasteiger partial charge in [0.1, 0.15) is 6.54 Å². The van der Waals surface area contributed by atoms with Crippen molar-refractivity contribution in [2.24, 2.45) is 0 Å². The predicted octanol–water partition coefficient (Wildman–Crippen LogP) is 2.62. The minimum Gasteiger partial charge on any atom is -0.748 e. The van der Waals surface area contributed by atoms with E-state index in [0.717, 1.165) is 11.0 Å². The van der Waals surface area contributed by atoms with E-state index in [9.17, 15) is 13.0 Å². The van der Waals surface area contributed by atoms with Crippen LogP contribution in [0.25, 0.3) is 0 Å². The van der Waals surface area contributed by atoms with E-state index in [2.05, 4.69) is 51.5 Å². The Morgan fingerprint density at radius 2 is 1.23 bits per heavy atom. The molecule has 4 nitrogen and oxygen atoms in total. The maximum absolute atomic E-state index is 10.2. The zero-order chi connectivity index (χ0) is 16.6. The summed E-state index contributed by atoms with van der Waals surface area (Å²) in [6.07, 6.45) is 0. The Labute approximate surface area is 133 Å². The molecule has 0 heterocycles. The molecule has 0 bridgehead atoms. The van der Waals surface area contributed by atoms with E-state index in [1.54, 1.807) is 30.3 Å². The first-order valence-electron chi connectivity index (χ1n) is 6.98. The van der Waals surface area contributed by atoms with Crippen molar-refractivity contribution in [3.8, 4) is 0 Å². The average Bonchev–Trinajstić information content (AvgIpc) is 2.38. The van der Waals surface area contributed by atoms with Gasteiger partial charge in [0.05, 0.1) is 37.0 Å². The summed E-state index contributed by atoms with van der Waals surface area (Å²) >= 11 is 0. The van der Waals surface area contributed by atoms with Gasteiger partial charge in [-0.2, -0.15) is 0 Å². The fourth-order valence-electron chi connectivity index (χ4n) is 1.91. The quantitative estimate of drug-likeness (QED) is 0.642. The largest absolute Gasteiger partial charge is 0.748 e. The van der Waals surface area contributed by atoms with Crippen LogP contribution in [0.5, 0.6) is 0 Å². The van der Waals surface area contributed by atoms with Crippen LogP contribution in [0.4, 0.5) is 0 Å². The third-order valence-corrected chi connectivity index (χ3v) is 3.37. The molecule has 2 aromatic rings. The summed E-state index contributed by atoms with van der Waals surface area (Å²) in [5.74, 6) is -0.423. The van der Waals surface area contributed by atoms with Crippen LogP contribution < -0.4 is 0 Å². The Hall–Kier alpha value is -1.69. The molecule has 0 atom stereocenters. The van der Waals surface area contributed by atoms with Gasteiger partial charge in [0.15, 0.2) is 0 Å². The Bertz CT molecular complexity index is 647. The van der Waals surface area contributed by atoms with Gasteiger partial charge >= 0.3 is 0 Å². The summed E-state index contributed by atoms with van der Waals surface area (Å²) in [5.41, 5.74) is 1.93. The molecule has 0 aliphatic heterocycles. The second-order valence-electron chi connectivity index (χ2n) is 6.12. The van der Waals surface area contributed by atoms with Crippen molar-refractivity contribution in [3.05, 3.63) is 71.8 Å². The summed E-state index contributed by atoms with van der Waals surface area (Å²) in [4.78, 5) is 0. The monoisotopic (exact) mass is 321 g/mol. The number of rotatable bonds is 4. The van der Waals surface area contributed by atoms with E-state index < -0.39 is 15.9 Å². The highest BCUT2D eigenvalue weighted by molar-refractivity contribution is 7.84. The molecular weight excluding hydrogens is 298 g/mol. The Balaban J connectivity index is 0.000000220. The Morgan fingerprint density at radius 1 is 0.818 bits per heavy atom. The van der Waals surface area contributed by atoms with Gasteiger partial charge in [-0.3, -0.25) is 0 Å². The fraction of sp³-hybridized carbons (Fsp3) is 0.294. The molecule has 2 aromatic carbocycles. The second-order valence-corrected chi connectivity index (χ2v) is 7.53. The van der Waals surface area contributed by atoms with Crippen LogP contribution in [0.3, 0.4) is 0 Å². The molecule has 0 unspecified atom stereocenters. The predicted molar refractivity (Wildman–Crippen MR) is 88.0 cm³/mol. The molecular formula is C17H23NO3S. The topological polar surface area (TPSA) is 57.2 Å². The zero-order valence-corrected chi connectivity index (χ0v) is 14.1. The molecule has 0 amide bonds. The fourth-order valence-corrected chi connectivity index (χ4v) is 2.51. The van der Waals surface area contributed by atoms with Gasteiger partial charge in [0, 0.05) is 5.56 Å². The van der Waals surface area contributed by atoms with Crippen molar-refractivity contribution in [2.75, 3.05) is 21.1 Å². The van der Waals surface area contributed by atoms with Gasteiger partial charge in [-0.25, -0.2) is 8.42 Å². The van der Waals surface area contributed by atoms with E-state index in [-0.39, 0.29) is 0 Å². The lowest BCUT2D eigenvalue weighted by Gasteiger charge is -2.23. The summed E-state index contributed by atoms with van der Waals surface area (Å²) in [5, 5.41) is 0. The normalized spacial score (nSPS) is 11.5. The lowest BCUT2D eigenvalue weighted by Crippen LogP contribution is -2.33. The molecule has 0 saturated heterocycles. The van der Waals surface area contributed by atoms with Crippen LogP contribution in [0, 0.1) is 0 Å². The van der Waals surface area contributed by atoms with Crippen LogP contribution in [0.1, 0.15) is 11.1 Å². The second kappa shape index (κ2) is 8.08. The lowest BCUT2D eigenvalue weighted by atomic mass is 10.2. The standard InChI is InChI=1S/C10H16N.C7H8O3S/c1-11(2,3)9-10-7-5-4-6-8-10;8-11(9,10)6-7-4-2-1-3-5-7/h4-8H,9H2,1-3H3;1-5H,6H2,(H,8,9,10)/q+1;/p-1. The molecule has 0 N–H and O–H groups in total. The van der Waals surface area contributed by atoms with Crippen molar-refractivity contribution >= 4 is 10.1 Å². The van der Waals surface area contributed by atoms with Crippen LogP contribution >= 0.6 is 0 Å². The number of nitrogens with zero attached hydrogens (tertiary/aromatic N) is 1. The maximum Gasteiger partial charge on any atom is 0.104 e. The average molecular weight is 321 g/mol. The molecule has 0 aromatic heterocycles. The van der Waals surface area contributed by atoms with E-state index in [1.807, 2.05) is 0 Å². The number of benzene rings is 2. The van der Waals surface area contributed by atoms with Crippen LogP contribution in [-0.4, -0.2) is 38.6 Å². The molecule has 0 saturated carbocycles. The smallest absolute Gasteiger partial charge is 0.104 e. The molecule has 5 heteroatoms. The van der Waals surface area contributed by atoms with Gasteiger partial charge in [-0.1, -0.05) is 60.7 Å². The lowest BCUT2D eigenvalue weighted by molar-refractivity contribution is -0.884. The number of quaternary nitrogens is 1. The van der Waals surface area contributed by atoms with E-state index >= 15 is 0 Å². The van der Waals surface area contributed by atoms with Gasteiger partial charge in [-0.05, 0) is 5.56 Å². The molecule has 0 aliphatic rings. The van der Waals surface area contributed by atoms with Gasteiger partial charge in [-0.15, -0.1) is 0 Å². The highest BCUT2D eigenvalue weighted by Crippen LogP contribution is 2.05. The van der Waals surface area contributed by atoms with Crippen LogP contribution in [0.2, 0.25) is 0 Å². The van der Waals surface area contributed by atoms with E-state index in [0.29, 0.717) is 5.56 Å². The molecule has 0 aliphatic carbocycles. The van der Waals surface area contributed by atoms with Crippen molar-refractivity contribution in [2.45, 2.75) is 12.3 Å². The maximum atomic E-state index is 10.2. The number of hydrogen-bond acceptors (Lipinski definition) is 3. The minimum absolute atomic E-state index is 0.423. The van der Waals surface area contributed by atoms with Crippen molar-refractivity contribution < 1.29 is 17.5 Å². The van der Waals surface area contributed by atoms with Crippen molar-refractivity contribution in [1.29, 1.82) is 0 Å². The first-order chi connectivity index (χ1) is 10.2. The summed E-state index contributed by atoms with van der Waals surface area (Å²) in [7, 11) is 2.48. The minimum atomic E-state index is -4.13. The Morgan fingerprint density at radius 3 is 1.59 bits per heavy atom. The molecule has 2 rings (SSSR count). The molecule has 0 spiro atoms. The highest BCUT2D eigenvalue weighted by Gasteiger charge is 2.06. The third-order valence-electron chi connectivity index (χ3n) is 2.69. The summed E-state index contributed by atoms with van der Waals surface area (Å²) < 4.78 is 31.7. The first-order valence-corrected chi connectivity index (χ1v) is 8.55. The third kappa shape index (κ3) is 9.28. The molecule has 0 radical (unpaired) electrons. The van der Waals surface area contributed by atoms with E-state index in [1.165, 1.54) is 5.56 Å². The van der Waals surface area contributed by atoms with Gasteiger partial charge < -0.3 is 9.04 Å². The van der Waals surface area contributed by atoms with Gasteiger partial charge in [0.25, 0.3) is 0 Å². The zero-order valence-electron chi connectivity index (χ0n) is 13.3. The number of hydrogen-bond donors (Lipinski definition) is 0. The van der Waals surface area contributed by atoms with Gasteiger partial charge in [0.2, 0.25) is 0 Å². The molecule has 120 valence electrons. The van der Waals surface area contributed by atoms with Crippen LogP contribution in [-0.2, 0) is 22.4 Å². The summed E-state index contributed by atoms with van der Waals surface area (Å²) in [6, 6.07) is 18.9. The first kappa shape index (κ1) is 18.4. The molecule has 22 heavy (non-hydrogen) atoms. The summed E-state index contributed by atoms with van der Waals surface area (Å²) in [6.45, 7) is 1.10. The van der Waals surface area contributed by atoms with Crippen LogP contribution in [0.15, 0.2) is 60.7 Å². The van der Waals surface area contributed by atoms with Crippen molar-refractivity contribution in [3.63, 3.8) is 0 Å². The van der Waals surface area contributed by atoms with Crippen molar-refractivity contribution in [1.82, 2.24) is 0 Å². The highest BCUT2D eigenvalue weighted by atomic mass is 32.2. The Kier molecular flexibility index (Phi) is 6.74.